The first-order valence-corrected chi connectivity index (χ1v) is 12.7. The number of amides is 2. The fourth-order valence-electron chi connectivity index (χ4n) is 4.67. The number of hydrogen-bond donors (Lipinski definition) is 0. The highest BCUT2D eigenvalue weighted by Crippen LogP contribution is 2.29. The predicted molar refractivity (Wildman–Crippen MR) is 136 cm³/mol. The Morgan fingerprint density at radius 2 is 1.80 bits per heavy atom. The normalized spacial score (nSPS) is 14.5. The Labute approximate surface area is 209 Å². The van der Waals surface area contributed by atoms with Crippen molar-refractivity contribution in [1.29, 1.82) is 0 Å². The van der Waals surface area contributed by atoms with Gasteiger partial charge in [0.05, 0.1) is 20.8 Å². The van der Waals surface area contributed by atoms with Gasteiger partial charge < -0.3 is 23.7 Å². The van der Waals surface area contributed by atoms with E-state index in [0.29, 0.717) is 31.0 Å². The maximum atomic E-state index is 13.6. The largest absolute Gasteiger partial charge is 0.493 e. The monoisotopic (exact) mass is 484 g/mol. The van der Waals surface area contributed by atoms with E-state index in [1.54, 1.807) is 24.0 Å². The van der Waals surface area contributed by atoms with Crippen molar-refractivity contribution in [3.05, 3.63) is 47.4 Å². The molecule has 1 aromatic carbocycles. The van der Waals surface area contributed by atoms with Gasteiger partial charge in [0.15, 0.2) is 11.5 Å². The lowest BCUT2D eigenvalue weighted by Gasteiger charge is -2.33. The Bertz CT molecular complexity index is 979. The molecule has 0 unspecified atom stereocenters. The maximum absolute atomic E-state index is 13.6. The van der Waals surface area contributed by atoms with Gasteiger partial charge >= 0.3 is 0 Å². The number of aryl methyl sites for hydroxylation is 1. The molecule has 0 bridgehead atoms. The van der Waals surface area contributed by atoms with Crippen molar-refractivity contribution in [2.24, 2.45) is 5.92 Å². The number of rotatable bonds is 12. The summed E-state index contributed by atoms with van der Waals surface area (Å²) in [6.45, 7) is 6.95. The Morgan fingerprint density at radius 1 is 1.09 bits per heavy atom. The lowest BCUT2D eigenvalue weighted by Crippen LogP contribution is -2.48. The fraction of sp³-hybridized carbons (Fsp3) is 0.571. The summed E-state index contributed by atoms with van der Waals surface area (Å²) < 4.78 is 16.5. The molecule has 1 atom stereocenters. The van der Waals surface area contributed by atoms with Gasteiger partial charge in [0.1, 0.15) is 18.1 Å². The second-order valence-corrected chi connectivity index (χ2v) is 9.47. The number of benzene rings is 1. The van der Waals surface area contributed by atoms with Crippen molar-refractivity contribution in [2.75, 3.05) is 27.3 Å². The number of ether oxygens (including phenoxy) is 2. The van der Waals surface area contributed by atoms with Gasteiger partial charge in [-0.1, -0.05) is 25.8 Å². The van der Waals surface area contributed by atoms with Crippen LogP contribution in [0.2, 0.25) is 0 Å². The fourth-order valence-corrected chi connectivity index (χ4v) is 4.67. The molecule has 2 amide bonds. The highest BCUT2D eigenvalue weighted by atomic mass is 16.5. The molecule has 0 N–H and O–H groups in total. The van der Waals surface area contributed by atoms with Crippen LogP contribution in [0.3, 0.4) is 0 Å². The van der Waals surface area contributed by atoms with Gasteiger partial charge in [0, 0.05) is 18.5 Å². The third-order valence-corrected chi connectivity index (χ3v) is 7.03. The molecule has 7 nitrogen and oxygen atoms in total. The van der Waals surface area contributed by atoms with E-state index in [2.05, 4.69) is 6.92 Å². The van der Waals surface area contributed by atoms with Crippen molar-refractivity contribution in [3.63, 3.8) is 0 Å². The molecule has 1 aromatic heterocycles. The SMILES string of the molecule is CC[C@H](C)N(CC(=O)N(CCc1ccc(OC)c(OC)c1)Cc1ccc(C)o1)C(=O)C1CCCC1. The Balaban J connectivity index is 1.76. The van der Waals surface area contributed by atoms with Crippen LogP contribution in [-0.4, -0.2) is 55.0 Å². The molecule has 35 heavy (non-hydrogen) atoms. The Hall–Kier alpha value is -2.96. The van der Waals surface area contributed by atoms with Crippen LogP contribution in [0.4, 0.5) is 0 Å². The summed E-state index contributed by atoms with van der Waals surface area (Å²) >= 11 is 0. The number of carbonyl (C=O) groups excluding carboxylic acids is 2. The van der Waals surface area contributed by atoms with E-state index in [0.717, 1.165) is 49.2 Å². The third-order valence-electron chi connectivity index (χ3n) is 7.03. The Kier molecular flexibility index (Phi) is 9.64. The van der Waals surface area contributed by atoms with Gasteiger partial charge in [-0.25, -0.2) is 0 Å². The van der Waals surface area contributed by atoms with Crippen LogP contribution >= 0.6 is 0 Å². The molecule has 1 saturated carbocycles. The van der Waals surface area contributed by atoms with Gasteiger partial charge in [-0.15, -0.1) is 0 Å². The van der Waals surface area contributed by atoms with Crippen LogP contribution in [-0.2, 0) is 22.6 Å². The maximum Gasteiger partial charge on any atom is 0.242 e. The molecule has 1 heterocycles. The summed E-state index contributed by atoms with van der Waals surface area (Å²) in [4.78, 5) is 30.5. The van der Waals surface area contributed by atoms with Gasteiger partial charge in [0.25, 0.3) is 0 Å². The molecular formula is C28H40N2O5. The smallest absolute Gasteiger partial charge is 0.242 e. The average molecular weight is 485 g/mol. The molecule has 1 aliphatic carbocycles. The molecule has 192 valence electrons. The summed E-state index contributed by atoms with van der Waals surface area (Å²) in [6, 6.07) is 9.62. The average Bonchev–Trinajstić information content (AvgIpc) is 3.55. The second kappa shape index (κ2) is 12.7. The van der Waals surface area contributed by atoms with E-state index in [1.807, 2.05) is 44.2 Å². The number of carbonyl (C=O) groups is 2. The number of nitrogens with zero attached hydrogens (tertiary/aromatic N) is 2. The topological polar surface area (TPSA) is 72.2 Å². The van der Waals surface area contributed by atoms with Gasteiger partial charge in [-0.3, -0.25) is 9.59 Å². The summed E-state index contributed by atoms with van der Waals surface area (Å²) in [5, 5.41) is 0. The van der Waals surface area contributed by atoms with Crippen LogP contribution in [0.25, 0.3) is 0 Å². The van der Waals surface area contributed by atoms with Gasteiger partial charge in [-0.05, 0) is 69.4 Å². The molecule has 0 radical (unpaired) electrons. The van der Waals surface area contributed by atoms with Crippen LogP contribution < -0.4 is 9.47 Å². The van der Waals surface area contributed by atoms with Crippen molar-refractivity contribution in [3.8, 4) is 11.5 Å². The minimum atomic E-state index is -0.0637. The van der Waals surface area contributed by atoms with Crippen molar-refractivity contribution in [1.82, 2.24) is 9.80 Å². The van der Waals surface area contributed by atoms with E-state index in [-0.39, 0.29) is 30.3 Å². The molecule has 0 spiro atoms. The number of hydrogen-bond acceptors (Lipinski definition) is 5. The van der Waals surface area contributed by atoms with E-state index in [4.69, 9.17) is 13.9 Å². The van der Waals surface area contributed by atoms with Gasteiger partial charge in [-0.2, -0.15) is 0 Å². The molecular weight excluding hydrogens is 444 g/mol. The molecule has 0 aliphatic heterocycles. The standard InChI is InChI=1S/C28H40N2O5/c1-6-20(2)30(28(32)23-9-7-8-10-23)19-27(31)29(18-24-13-11-21(3)35-24)16-15-22-12-14-25(33-4)26(17-22)34-5/h11-14,17,20,23H,6-10,15-16,18-19H2,1-5H3/t20-/m0/s1. The zero-order valence-corrected chi connectivity index (χ0v) is 21.8. The van der Waals surface area contributed by atoms with Crippen LogP contribution in [0.5, 0.6) is 11.5 Å². The zero-order valence-electron chi connectivity index (χ0n) is 21.8. The minimum absolute atomic E-state index is 0.0191. The van der Waals surface area contributed by atoms with Crippen molar-refractivity contribution >= 4 is 11.8 Å². The third kappa shape index (κ3) is 7.03. The lowest BCUT2D eigenvalue weighted by atomic mass is 10.0. The molecule has 0 saturated heterocycles. The second-order valence-electron chi connectivity index (χ2n) is 9.47. The highest BCUT2D eigenvalue weighted by molar-refractivity contribution is 5.86. The number of methoxy groups -OCH3 is 2. The summed E-state index contributed by atoms with van der Waals surface area (Å²) in [5.74, 6) is 2.99. The lowest BCUT2D eigenvalue weighted by molar-refractivity contribution is -0.145. The summed E-state index contributed by atoms with van der Waals surface area (Å²) in [7, 11) is 3.22. The molecule has 1 aliphatic rings. The van der Waals surface area contributed by atoms with Gasteiger partial charge in [0.2, 0.25) is 11.8 Å². The number of furan rings is 1. The molecule has 1 fully saturated rings. The Morgan fingerprint density at radius 3 is 2.40 bits per heavy atom. The predicted octanol–water partition coefficient (Wildman–Crippen LogP) is 4.99. The van der Waals surface area contributed by atoms with E-state index in [1.165, 1.54) is 0 Å². The van der Waals surface area contributed by atoms with E-state index >= 15 is 0 Å². The van der Waals surface area contributed by atoms with Crippen LogP contribution in [0.1, 0.15) is 63.0 Å². The first-order chi connectivity index (χ1) is 16.9. The molecule has 2 aromatic rings. The van der Waals surface area contributed by atoms with Crippen LogP contribution in [0.15, 0.2) is 34.7 Å². The van der Waals surface area contributed by atoms with E-state index < -0.39 is 0 Å². The van der Waals surface area contributed by atoms with Crippen LogP contribution in [0, 0.1) is 12.8 Å². The quantitative estimate of drug-likeness (QED) is 0.424. The minimum Gasteiger partial charge on any atom is -0.493 e. The highest BCUT2D eigenvalue weighted by Gasteiger charge is 2.31. The van der Waals surface area contributed by atoms with Crippen molar-refractivity contribution < 1.29 is 23.5 Å². The molecule has 3 rings (SSSR count). The first-order valence-electron chi connectivity index (χ1n) is 12.7. The molecule has 7 heteroatoms. The van der Waals surface area contributed by atoms with E-state index in [9.17, 15) is 9.59 Å². The summed E-state index contributed by atoms with van der Waals surface area (Å²) in [6.07, 6.45) is 5.49. The van der Waals surface area contributed by atoms with Crippen molar-refractivity contribution in [2.45, 2.75) is 71.9 Å². The zero-order chi connectivity index (χ0) is 25.4. The summed E-state index contributed by atoms with van der Waals surface area (Å²) in [5.41, 5.74) is 1.04. The first kappa shape index (κ1) is 26.6.